The molecule has 0 aromatic heterocycles. The summed E-state index contributed by atoms with van der Waals surface area (Å²) in [6.07, 6.45) is 3.57. The lowest BCUT2D eigenvalue weighted by Crippen LogP contribution is -2.46. The van der Waals surface area contributed by atoms with E-state index in [0.29, 0.717) is 18.4 Å². The first kappa shape index (κ1) is 16.9. The largest absolute Gasteiger partial charge is 0.369 e. The lowest BCUT2D eigenvalue weighted by atomic mass is 9.98. The van der Waals surface area contributed by atoms with E-state index < -0.39 is 11.8 Å². The monoisotopic (exact) mass is 334 g/mol. The number of hydrazine groups is 1. The Morgan fingerprint density at radius 3 is 2.58 bits per heavy atom. The Balaban J connectivity index is 1.49. The Hall–Kier alpha value is -1.99. The van der Waals surface area contributed by atoms with Crippen molar-refractivity contribution in [1.82, 2.24) is 16.2 Å². The van der Waals surface area contributed by atoms with Crippen molar-refractivity contribution in [2.45, 2.75) is 37.8 Å². The molecule has 2 fully saturated rings. The topological polar surface area (TPSA) is 96.2 Å². The van der Waals surface area contributed by atoms with Gasteiger partial charge in [0.05, 0.1) is 5.92 Å². The second kappa shape index (κ2) is 7.27. The molecular weight excluding hydrogens is 311 g/mol. The van der Waals surface area contributed by atoms with Crippen LogP contribution in [-0.2, 0) is 16.0 Å². The predicted molar refractivity (Wildman–Crippen MR) is 87.0 cm³/mol. The molecule has 1 aliphatic carbocycles. The van der Waals surface area contributed by atoms with E-state index in [1.165, 1.54) is 25.0 Å². The molecule has 2 amide bonds. The highest BCUT2D eigenvalue weighted by Gasteiger charge is 2.38. The van der Waals surface area contributed by atoms with Crippen molar-refractivity contribution in [2.24, 2.45) is 17.6 Å². The van der Waals surface area contributed by atoms with Crippen LogP contribution in [0.5, 0.6) is 0 Å². The molecule has 7 heteroatoms. The number of primary amides is 1. The summed E-state index contributed by atoms with van der Waals surface area (Å²) in [6, 6.07) is 6.00. The van der Waals surface area contributed by atoms with Crippen LogP contribution in [0, 0.1) is 17.7 Å². The first-order chi connectivity index (χ1) is 11.5. The molecule has 24 heavy (non-hydrogen) atoms. The average Bonchev–Trinajstić information content (AvgIpc) is 3.29. The van der Waals surface area contributed by atoms with Crippen LogP contribution in [0.3, 0.4) is 0 Å². The van der Waals surface area contributed by atoms with Gasteiger partial charge in [-0.2, -0.15) is 0 Å². The van der Waals surface area contributed by atoms with Crippen molar-refractivity contribution < 1.29 is 14.0 Å². The molecule has 1 aliphatic heterocycles. The third-order valence-electron chi connectivity index (χ3n) is 4.76. The molecule has 1 saturated carbocycles. The highest BCUT2D eigenvalue weighted by atomic mass is 19.1. The van der Waals surface area contributed by atoms with Gasteiger partial charge in [-0.05, 0) is 49.3 Å². The predicted octanol–water partition coefficient (Wildman–Crippen LogP) is 0.231. The Kier molecular flexibility index (Phi) is 5.11. The van der Waals surface area contributed by atoms with E-state index in [2.05, 4.69) is 16.2 Å². The highest BCUT2D eigenvalue weighted by Crippen LogP contribution is 2.35. The maximum atomic E-state index is 12.9. The number of amides is 2. The minimum absolute atomic E-state index is 0.129. The Morgan fingerprint density at radius 2 is 1.96 bits per heavy atom. The Bertz CT molecular complexity index is 603. The first-order valence-electron chi connectivity index (χ1n) is 8.35. The van der Waals surface area contributed by atoms with Crippen LogP contribution in [0.25, 0.3) is 0 Å². The van der Waals surface area contributed by atoms with Crippen molar-refractivity contribution in [2.75, 3.05) is 6.54 Å². The normalized spacial score (nSPS) is 24.5. The third-order valence-corrected chi connectivity index (χ3v) is 4.76. The molecule has 0 bridgehead atoms. The van der Waals surface area contributed by atoms with E-state index in [4.69, 9.17) is 5.73 Å². The van der Waals surface area contributed by atoms with Gasteiger partial charge in [-0.25, -0.2) is 9.82 Å². The van der Waals surface area contributed by atoms with E-state index in [0.717, 1.165) is 12.0 Å². The van der Waals surface area contributed by atoms with Crippen molar-refractivity contribution >= 4 is 11.8 Å². The molecule has 3 rings (SSSR count). The molecule has 1 aromatic rings. The summed E-state index contributed by atoms with van der Waals surface area (Å²) < 4.78 is 12.9. The van der Waals surface area contributed by atoms with E-state index in [1.807, 2.05) is 0 Å². The zero-order chi connectivity index (χ0) is 17.1. The van der Waals surface area contributed by atoms with Crippen molar-refractivity contribution in [3.63, 3.8) is 0 Å². The average molecular weight is 334 g/mol. The number of carbonyl (C=O) groups excluding carboxylic acids is 2. The SMILES string of the molecule is NC(=O)C(CNC(=O)C1CC(C2CC2)NN1)Cc1ccc(F)cc1. The second-order valence-electron chi connectivity index (χ2n) is 6.70. The minimum atomic E-state index is -0.520. The summed E-state index contributed by atoms with van der Waals surface area (Å²) in [5.74, 6) is -0.781. The van der Waals surface area contributed by atoms with Crippen LogP contribution in [0.1, 0.15) is 24.8 Å². The minimum Gasteiger partial charge on any atom is -0.369 e. The summed E-state index contributed by atoms with van der Waals surface area (Å²) in [4.78, 5) is 23.9. The summed E-state index contributed by atoms with van der Waals surface area (Å²) >= 11 is 0. The lowest BCUT2D eigenvalue weighted by molar-refractivity contribution is -0.124. The number of carbonyl (C=O) groups is 2. The van der Waals surface area contributed by atoms with Gasteiger partial charge in [0, 0.05) is 12.6 Å². The highest BCUT2D eigenvalue weighted by molar-refractivity contribution is 5.83. The van der Waals surface area contributed by atoms with Crippen LogP contribution in [-0.4, -0.2) is 30.4 Å². The van der Waals surface area contributed by atoms with Crippen LogP contribution in [0.2, 0.25) is 0 Å². The number of halogens is 1. The molecule has 3 unspecified atom stereocenters. The fraction of sp³-hybridized carbons (Fsp3) is 0.529. The summed E-state index contributed by atoms with van der Waals surface area (Å²) in [6.45, 7) is 0.178. The van der Waals surface area contributed by atoms with Gasteiger partial charge < -0.3 is 11.1 Å². The number of nitrogens with two attached hydrogens (primary N) is 1. The van der Waals surface area contributed by atoms with Gasteiger partial charge in [0.15, 0.2) is 0 Å². The second-order valence-corrected chi connectivity index (χ2v) is 6.70. The molecule has 1 heterocycles. The summed E-state index contributed by atoms with van der Waals surface area (Å²) in [5, 5.41) is 2.80. The molecular formula is C17H23FN4O2. The first-order valence-corrected chi connectivity index (χ1v) is 8.35. The van der Waals surface area contributed by atoms with Gasteiger partial charge in [0.1, 0.15) is 11.9 Å². The standard InChI is InChI=1S/C17H23FN4O2/c18-13-5-1-10(2-6-13)7-12(16(19)23)9-20-17(24)15-8-14(21-22-15)11-3-4-11/h1-2,5-6,11-12,14-15,21-22H,3-4,7-9H2,(H2,19,23)(H,20,24). The van der Waals surface area contributed by atoms with Crippen molar-refractivity contribution in [1.29, 1.82) is 0 Å². The molecule has 0 spiro atoms. The maximum Gasteiger partial charge on any atom is 0.238 e. The van der Waals surface area contributed by atoms with Gasteiger partial charge in [-0.3, -0.25) is 15.0 Å². The molecule has 3 atom stereocenters. The quantitative estimate of drug-likeness (QED) is 0.574. The summed E-state index contributed by atoms with van der Waals surface area (Å²) in [5.41, 5.74) is 12.4. The van der Waals surface area contributed by atoms with E-state index in [-0.39, 0.29) is 24.3 Å². The van der Waals surface area contributed by atoms with Crippen LogP contribution in [0.15, 0.2) is 24.3 Å². The lowest BCUT2D eigenvalue weighted by Gasteiger charge is -2.16. The number of hydrogen-bond acceptors (Lipinski definition) is 4. The van der Waals surface area contributed by atoms with Gasteiger partial charge in [0.2, 0.25) is 11.8 Å². The van der Waals surface area contributed by atoms with Gasteiger partial charge in [-0.1, -0.05) is 12.1 Å². The zero-order valence-electron chi connectivity index (χ0n) is 13.4. The molecule has 130 valence electrons. The summed E-state index contributed by atoms with van der Waals surface area (Å²) in [7, 11) is 0. The molecule has 1 aromatic carbocycles. The number of nitrogens with one attached hydrogen (secondary N) is 3. The van der Waals surface area contributed by atoms with Gasteiger partial charge >= 0.3 is 0 Å². The molecule has 0 radical (unpaired) electrons. The maximum absolute atomic E-state index is 12.9. The fourth-order valence-corrected chi connectivity index (χ4v) is 3.09. The van der Waals surface area contributed by atoms with Crippen molar-refractivity contribution in [3.8, 4) is 0 Å². The van der Waals surface area contributed by atoms with Crippen LogP contribution < -0.4 is 21.9 Å². The third kappa shape index (κ3) is 4.30. The van der Waals surface area contributed by atoms with E-state index in [9.17, 15) is 14.0 Å². The number of hydrogen-bond donors (Lipinski definition) is 4. The van der Waals surface area contributed by atoms with Crippen LogP contribution >= 0.6 is 0 Å². The number of rotatable bonds is 7. The molecule has 1 saturated heterocycles. The Morgan fingerprint density at radius 1 is 1.25 bits per heavy atom. The van der Waals surface area contributed by atoms with Gasteiger partial charge in [-0.15, -0.1) is 0 Å². The molecule has 6 nitrogen and oxygen atoms in total. The molecule has 2 aliphatic rings. The van der Waals surface area contributed by atoms with Gasteiger partial charge in [0.25, 0.3) is 0 Å². The Labute approximate surface area is 140 Å². The number of benzene rings is 1. The van der Waals surface area contributed by atoms with E-state index in [1.54, 1.807) is 12.1 Å². The zero-order valence-corrected chi connectivity index (χ0v) is 13.4. The smallest absolute Gasteiger partial charge is 0.238 e. The molecule has 5 N–H and O–H groups in total. The van der Waals surface area contributed by atoms with Crippen molar-refractivity contribution in [3.05, 3.63) is 35.6 Å². The van der Waals surface area contributed by atoms with Crippen LogP contribution in [0.4, 0.5) is 4.39 Å². The van der Waals surface area contributed by atoms with E-state index >= 15 is 0 Å². The fourth-order valence-electron chi connectivity index (χ4n) is 3.09.